The van der Waals surface area contributed by atoms with Gasteiger partial charge in [-0.05, 0) is 61.7 Å². The van der Waals surface area contributed by atoms with E-state index in [2.05, 4.69) is 0 Å². The van der Waals surface area contributed by atoms with Crippen LogP contribution < -0.4 is 0 Å². The van der Waals surface area contributed by atoms with Gasteiger partial charge in [-0.3, -0.25) is 4.79 Å². The largest absolute Gasteiger partial charge is 0.481 e. The predicted octanol–water partition coefficient (Wildman–Crippen LogP) is 2.53. The highest BCUT2D eigenvalue weighted by atomic mass is 16.4. The number of carbonyl (C=O) groups is 1. The molecule has 3 fully saturated rings. The van der Waals surface area contributed by atoms with Crippen molar-refractivity contribution in [2.45, 2.75) is 38.5 Å². The molecule has 0 spiro atoms. The molecule has 2 heteroatoms. The second kappa shape index (κ2) is 2.98. The fraction of sp³-hybridized carbons (Fsp3) is 0.917. The SMILES string of the molecule is O=C(O)CC1CC2CC3CC(C2)C1C3. The van der Waals surface area contributed by atoms with Gasteiger partial charge in [0, 0.05) is 6.42 Å². The Kier molecular flexibility index (Phi) is 1.86. The molecule has 5 atom stereocenters. The van der Waals surface area contributed by atoms with Crippen LogP contribution in [0.5, 0.6) is 0 Å². The van der Waals surface area contributed by atoms with Gasteiger partial charge in [-0.15, -0.1) is 0 Å². The summed E-state index contributed by atoms with van der Waals surface area (Å²) in [6, 6.07) is 0. The van der Waals surface area contributed by atoms with Gasteiger partial charge in [0.25, 0.3) is 0 Å². The maximum absolute atomic E-state index is 10.8. The second-order valence-electron chi connectivity index (χ2n) is 5.69. The number of carboxylic acid groups (broad SMARTS) is 1. The number of fused-ring (bicyclic) bond motifs is 2. The van der Waals surface area contributed by atoms with E-state index in [1.807, 2.05) is 0 Å². The van der Waals surface area contributed by atoms with Crippen LogP contribution in [-0.2, 0) is 4.79 Å². The molecule has 3 aliphatic carbocycles. The van der Waals surface area contributed by atoms with Gasteiger partial charge in [0.2, 0.25) is 0 Å². The van der Waals surface area contributed by atoms with Crippen LogP contribution in [0.2, 0.25) is 0 Å². The van der Waals surface area contributed by atoms with Crippen molar-refractivity contribution < 1.29 is 9.90 Å². The van der Waals surface area contributed by atoms with Crippen LogP contribution in [-0.4, -0.2) is 11.1 Å². The van der Waals surface area contributed by atoms with Gasteiger partial charge >= 0.3 is 5.97 Å². The molecule has 0 aliphatic heterocycles. The first kappa shape index (κ1) is 8.75. The van der Waals surface area contributed by atoms with Gasteiger partial charge in [-0.2, -0.15) is 0 Å². The molecule has 0 radical (unpaired) electrons. The Morgan fingerprint density at radius 1 is 1.07 bits per heavy atom. The Hall–Kier alpha value is -0.530. The van der Waals surface area contributed by atoms with E-state index in [1.165, 1.54) is 32.1 Å². The van der Waals surface area contributed by atoms with Crippen molar-refractivity contribution in [2.24, 2.45) is 29.6 Å². The summed E-state index contributed by atoms with van der Waals surface area (Å²) in [5.74, 6) is 3.44. The summed E-state index contributed by atoms with van der Waals surface area (Å²) in [7, 11) is 0. The summed E-state index contributed by atoms with van der Waals surface area (Å²) >= 11 is 0. The highest BCUT2D eigenvalue weighted by Crippen LogP contribution is 2.57. The molecule has 0 aromatic rings. The second-order valence-corrected chi connectivity index (χ2v) is 5.69. The lowest BCUT2D eigenvalue weighted by Crippen LogP contribution is -2.31. The van der Waals surface area contributed by atoms with Crippen LogP contribution in [0.25, 0.3) is 0 Å². The topological polar surface area (TPSA) is 37.3 Å². The van der Waals surface area contributed by atoms with E-state index < -0.39 is 5.97 Å². The van der Waals surface area contributed by atoms with Crippen LogP contribution in [0.3, 0.4) is 0 Å². The zero-order valence-corrected chi connectivity index (χ0v) is 8.48. The molecule has 78 valence electrons. The quantitative estimate of drug-likeness (QED) is 0.733. The third-order valence-corrected chi connectivity index (χ3v) is 4.83. The monoisotopic (exact) mass is 194 g/mol. The summed E-state index contributed by atoms with van der Waals surface area (Å²) in [6.45, 7) is 0. The summed E-state index contributed by atoms with van der Waals surface area (Å²) < 4.78 is 0. The molecule has 3 bridgehead atoms. The number of rotatable bonds is 2. The van der Waals surface area contributed by atoms with Crippen molar-refractivity contribution in [2.75, 3.05) is 0 Å². The fourth-order valence-electron chi connectivity index (χ4n) is 4.57. The molecule has 3 rings (SSSR count). The Morgan fingerprint density at radius 2 is 1.79 bits per heavy atom. The minimum atomic E-state index is -0.584. The van der Waals surface area contributed by atoms with E-state index in [9.17, 15) is 4.79 Å². The van der Waals surface area contributed by atoms with Crippen molar-refractivity contribution >= 4 is 5.97 Å². The van der Waals surface area contributed by atoms with E-state index in [-0.39, 0.29) is 0 Å². The fourth-order valence-corrected chi connectivity index (χ4v) is 4.57. The molecule has 0 aromatic heterocycles. The zero-order chi connectivity index (χ0) is 9.71. The molecule has 0 saturated heterocycles. The van der Waals surface area contributed by atoms with Crippen LogP contribution in [0.4, 0.5) is 0 Å². The maximum Gasteiger partial charge on any atom is 0.303 e. The van der Waals surface area contributed by atoms with Crippen LogP contribution in [0, 0.1) is 29.6 Å². The Balaban J connectivity index is 1.79. The average Bonchev–Trinajstić information content (AvgIpc) is 2.32. The molecular weight excluding hydrogens is 176 g/mol. The number of aliphatic carboxylic acids is 1. The van der Waals surface area contributed by atoms with Gasteiger partial charge < -0.3 is 5.11 Å². The van der Waals surface area contributed by atoms with Crippen molar-refractivity contribution in [3.63, 3.8) is 0 Å². The molecule has 2 nitrogen and oxygen atoms in total. The molecule has 3 aliphatic rings. The summed E-state index contributed by atoms with van der Waals surface area (Å²) in [5.41, 5.74) is 0. The summed E-state index contributed by atoms with van der Waals surface area (Å²) in [4.78, 5) is 10.8. The molecule has 0 aromatic carbocycles. The maximum atomic E-state index is 10.8. The van der Waals surface area contributed by atoms with E-state index in [4.69, 9.17) is 5.11 Å². The summed E-state index contributed by atoms with van der Waals surface area (Å²) in [5, 5.41) is 8.89. The minimum absolute atomic E-state index is 0.435. The molecule has 3 saturated carbocycles. The molecular formula is C12H18O2. The normalized spacial score (nSPS) is 49.6. The van der Waals surface area contributed by atoms with Crippen molar-refractivity contribution in [3.8, 4) is 0 Å². The van der Waals surface area contributed by atoms with Gasteiger partial charge in [0.05, 0.1) is 0 Å². The summed E-state index contributed by atoms with van der Waals surface area (Å²) in [6.07, 6.45) is 7.23. The van der Waals surface area contributed by atoms with Crippen LogP contribution in [0.15, 0.2) is 0 Å². The Labute approximate surface area is 84.7 Å². The molecule has 1 N–H and O–H groups in total. The van der Waals surface area contributed by atoms with E-state index >= 15 is 0 Å². The van der Waals surface area contributed by atoms with Gasteiger partial charge in [-0.25, -0.2) is 0 Å². The number of hydrogen-bond donors (Lipinski definition) is 1. The van der Waals surface area contributed by atoms with Gasteiger partial charge in [0.1, 0.15) is 0 Å². The average molecular weight is 194 g/mol. The van der Waals surface area contributed by atoms with Crippen molar-refractivity contribution in [3.05, 3.63) is 0 Å². The first-order valence-corrected chi connectivity index (χ1v) is 5.94. The lowest BCUT2D eigenvalue weighted by Gasteiger charge is -2.39. The lowest BCUT2D eigenvalue weighted by atomic mass is 9.66. The number of hydrogen-bond acceptors (Lipinski definition) is 1. The van der Waals surface area contributed by atoms with Crippen LogP contribution in [0.1, 0.15) is 38.5 Å². The van der Waals surface area contributed by atoms with Crippen LogP contribution >= 0.6 is 0 Å². The molecule has 0 heterocycles. The highest BCUT2D eigenvalue weighted by Gasteiger charge is 2.48. The van der Waals surface area contributed by atoms with E-state index in [0.29, 0.717) is 12.3 Å². The molecule has 14 heavy (non-hydrogen) atoms. The van der Waals surface area contributed by atoms with Crippen molar-refractivity contribution in [1.29, 1.82) is 0 Å². The first-order chi connectivity index (χ1) is 6.72. The lowest BCUT2D eigenvalue weighted by molar-refractivity contribution is -0.139. The van der Waals surface area contributed by atoms with Gasteiger partial charge in [-0.1, -0.05) is 0 Å². The standard InChI is InChI=1S/C12H18O2/c13-12(14)6-10-3-7-1-8-4-9(2-7)11(10)5-8/h7-11H,1-6H2,(H,13,14). The third-order valence-electron chi connectivity index (χ3n) is 4.83. The zero-order valence-electron chi connectivity index (χ0n) is 8.48. The van der Waals surface area contributed by atoms with Crippen molar-refractivity contribution in [1.82, 2.24) is 0 Å². The Morgan fingerprint density at radius 3 is 2.50 bits per heavy atom. The third kappa shape index (κ3) is 1.27. The number of carboxylic acids is 1. The Bertz CT molecular complexity index is 259. The first-order valence-electron chi connectivity index (χ1n) is 5.94. The highest BCUT2D eigenvalue weighted by molar-refractivity contribution is 5.67. The van der Waals surface area contributed by atoms with Gasteiger partial charge in [0.15, 0.2) is 0 Å². The predicted molar refractivity (Wildman–Crippen MR) is 52.8 cm³/mol. The smallest absolute Gasteiger partial charge is 0.303 e. The van der Waals surface area contributed by atoms with E-state index in [1.54, 1.807) is 0 Å². The van der Waals surface area contributed by atoms with E-state index in [0.717, 1.165) is 23.7 Å². The molecule has 0 amide bonds. The molecule has 5 unspecified atom stereocenters. The minimum Gasteiger partial charge on any atom is -0.481 e.